The van der Waals surface area contributed by atoms with E-state index in [1.165, 1.54) is 5.57 Å². The summed E-state index contributed by atoms with van der Waals surface area (Å²) >= 11 is 0. The molecular weight excluding hydrogens is 464 g/mol. The zero-order chi connectivity index (χ0) is 26.1. The largest absolute Gasteiger partial charge is 0.393 e. The van der Waals surface area contributed by atoms with Crippen LogP contribution >= 0.6 is 0 Å². The van der Waals surface area contributed by atoms with E-state index < -0.39 is 55.3 Å². The number of aliphatic hydroxyl groups is 7. The summed E-state index contributed by atoms with van der Waals surface area (Å²) < 4.78 is 22.5. The van der Waals surface area contributed by atoms with Gasteiger partial charge in [0.2, 0.25) is 0 Å². The highest BCUT2D eigenvalue weighted by Gasteiger charge is 2.47. The van der Waals surface area contributed by atoms with Gasteiger partial charge in [0.15, 0.2) is 12.6 Å². The Kier molecular flexibility index (Phi) is 9.72. The van der Waals surface area contributed by atoms with Gasteiger partial charge in [-0.3, -0.25) is 0 Å². The van der Waals surface area contributed by atoms with Crippen LogP contribution in [0.3, 0.4) is 0 Å². The maximum Gasteiger partial charge on any atom is 0.186 e. The average Bonchev–Trinajstić information content (AvgIpc) is 2.77. The summed E-state index contributed by atoms with van der Waals surface area (Å²) in [4.78, 5) is 0. The first-order valence-corrected chi connectivity index (χ1v) is 12.3. The molecule has 0 amide bonds. The van der Waals surface area contributed by atoms with Gasteiger partial charge in [0, 0.05) is 0 Å². The van der Waals surface area contributed by atoms with Crippen LogP contribution in [0.25, 0.3) is 0 Å². The van der Waals surface area contributed by atoms with Gasteiger partial charge in [0.25, 0.3) is 0 Å². The molecule has 0 spiro atoms. The molecule has 0 aromatic heterocycles. The van der Waals surface area contributed by atoms with Gasteiger partial charge in [-0.25, -0.2) is 0 Å². The molecule has 2 aliphatic heterocycles. The molecule has 11 nitrogen and oxygen atoms in total. The first-order valence-electron chi connectivity index (χ1n) is 12.3. The minimum Gasteiger partial charge on any atom is -0.393 e. The van der Waals surface area contributed by atoms with Crippen molar-refractivity contribution in [1.29, 1.82) is 0 Å². The Labute approximate surface area is 205 Å². The van der Waals surface area contributed by atoms with Crippen molar-refractivity contribution in [3.05, 3.63) is 11.1 Å². The Hall–Kier alpha value is -0.700. The average molecular weight is 507 g/mol. The molecule has 7 N–H and O–H groups in total. The second-order valence-corrected chi connectivity index (χ2v) is 10.8. The molecule has 2 saturated heterocycles. The molecule has 204 valence electrons. The summed E-state index contributed by atoms with van der Waals surface area (Å²) in [7, 11) is 0. The minimum atomic E-state index is -1.55. The topological polar surface area (TPSA) is 179 Å². The predicted octanol–water partition coefficient (Wildman–Crippen LogP) is -1.07. The van der Waals surface area contributed by atoms with Crippen molar-refractivity contribution in [3.63, 3.8) is 0 Å². The van der Waals surface area contributed by atoms with Gasteiger partial charge in [-0.2, -0.15) is 0 Å². The molecule has 3 aliphatic rings. The van der Waals surface area contributed by atoms with Crippen molar-refractivity contribution < 1.29 is 54.7 Å². The lowest BCUT2D eigenvalue weighted by Gasteiger charge is -2.44. The Morgan fingerprint density at radius 3 is 2.26 bits per heavy atom. The van der Waals surface area contributed by atoms with Gasteiger partial charge in [-0.15, -0.1) is 0 Å². The van der Waals surface area contributed by atoms with Gasteiger partial charge in [-0.05, 0) is 44.9 Å². The molecule has 2 heterocycles. The number of hydrogen-bond donors (Lipinski definition) is 7. The Morgan fingerprint density at radius 1 is 0.971 bits per heavy atom. The molecule has 0 saturated carbocycles. The Bertz CT molecular complexity index is 726. The van der Waals surface area contributed by atoms with Crippen molar-refractivity contribution in [1.82, 2.24) is 0 Å². The number of aliphatic hydroxyl groups excluding tert-OH is 7. The summed E-state index contributed by atoms with van der Waals surface area (Å²) in [5, 5.41) is 70.4. The number of ether oxygens (including phenoxy) is 4. The number of allylic oxidation sites excluding steroid dienone is 1. The van der Waals surface area contributed by atoms with E-state index in [0.717, 1.165) is 12.0 Å². The van der Waals surface area contributed by atoms with E-state index in [1.807, 2.05) is 6.92 Å². The van der Waals surface area contributed by atoms with E-state index in [4.69, 9.17) is 18.9 Å². The fourth-order valence-corrected chi connectivity index (χ4v) is 5.28. The zero-order valence-electron chi connectivity index (χ0n) is 20.9. The van der Waals surface area contributed by atoms with Crippen LogP contribution in [-0.4, -0.2) is 116 Å². The summed E-state index contributed by atoms with van der Waals surface area (Å²) in [6.45, 7) is 7.45. The maximum absolute atomic E-state index is 10.5. The van der Waals surface area contributed by atoms with E-state index in [1.54, 1.807) is 6.92 Å². The van der Waals surface area contributed by atoms with Crippen molar-refractivity contribution in [2.24, 2.45) is 5.41 Å². The normalized spacial score (nSPS) is 43.3. The van der Waals surface area contributed by atoms with E-state index in [0.29, 0.717) is 19.3 Å². The minimum absolute atomic E-state index is 0.192. The van der Waals surface area contributed by atoms with Crippen LogP contribution in [-0.2, 0) is 18.9 Å². The van der Waals surface area contributed by atoms with Crippen LogP contribution in [0.15, 0.2) is 11.1 Å². The standard InChI is InChI=1S/C24H42O11/c1-11-7-13(8-24(3,4)14(11)6-5-12(2)25)34-23-21(31)19(29)18(28)16(35-23)10-33-22-20(30)17(27)15(26)9-32-22/h12-13,15-23,25-31H,5-10H2,1-4H3/t12-,13-,15-,16-,17-,18-,19+,20-,21-,22+,23+/m1/s1. The lowest BCUT2D eigenvalue weighted by atomic mass is 9.70. The van der Waals surface area contributed by atoms with Crippen LogP contribution < -0.4 is 0 Å². The Morgan fingerprint density at radius 2 is 1.63 bits per heavy atom. The zero-order valence-corrected chi connectivity index (χ0v) is 20.9. The Balaban J connectivity index is 1.62. The third kappa shape index (κ3) is 6.79. The summed E-state index contributed by atoms with van der Waals surface area (Å²) in [5.74, 6) is 0. The second-order valence-electron chi connectivity index (χ2n) is 10.8. The van der Waals surface area contributed by atoms with Crippen LogP contribution in [0.2, 0.25) is 0 Å². The number of hydrogen-bond acceptors (Lipinski definition) is 11. The van der Waals surface area contributed by atoms with Crippen LogP contribution in [0.1, 0.15) is 53.4 Å². The van der Waals surface area contributed by atoms with Crippen molar-refractivity contribution in [2.45, 2.75) is 121 Å². The van der Waals surface area contributed by atoms with Gasteiger partial charge in [-0.1, -0.05) is 25.0 Å². The van der Waals surface area contributed by atoms with Gasteiger partial charge in [0.05, 0.1) is 25.4 Å². The van der Waals surface area contributed by atoms with E-state index in [-0.39, 0.29) is 30.8 Å². The van der Waals surface area contributed by atoms with Gasteiger partial charge < -0.3 is 54.7 Å². The van der Waals surface area contributed by atoms with Gasteiger partial charge in [0.1, 0.15) is 42.7 Å². The molecule has 2 fully saturated rings. The van der Waals surface area contributed by atoms with Crippen molar-refractivity contribution in [3.8, 4) is 0 Å². The molecule has 11 heteroatoms. The number of rotatable bonds is 8. The quantitative estimate of drug-likeness (QED) is 0.199. The molecule has 1 aliphatic carbocycles. The molecule has 0 bridgehead atoms. The maximum atomic E-state index is 10.5. The molecule has 3 rings (SSSR count). The monoisotopic (exact) mass is 506 g/mol. The van der Waals surface area contributed by atoms with Crippen LogP contribution in [0.5, 0.6) is 0 Å². The van der Waals surface area contributed by atoms with E-state index >= 15 is 0 Å². The van der Waals surface area contributed by atoms with E-state index in [9.17, 15) is 35.7 Å². The molecule has 0 aromatic carbocycles. The molecule has 35 heavy (non-hydrogen) atoms. The summed E-state index contributed by atoms with van der Waals surface area (Å²) in [6.07, 6.45) is -10.3. The third-order valence-electron chi connectivity index (χ3n) is 7.29. The molecule has 0 radical (unpaired) electrons. The van der Waals surface area contributed by atoms with Crippen LogP contribution in [0.4, 0.5) is 0 Å². The lowest BCUT2D eigenvalue weighted by molar-refractivity contribution is -0.328. The van der Waals surface area contributed by atoms with Crippen molar-refractivity contribution in [2.75, 3.05) is 13.2 Å². The molecular formula is C24H42O11. The highest BCUT2D eigenvalue weighted by atomic mass is 16.7. The summed E-state index contributed by atoms with van der Waals surface area (Å²) in [5.41, 5.74) is 2.24. The fraction of sp³-hybridized carbons (Fsp3) is 0.917. The molecule has 0 aromatic rings. The van der Waals surface area contributed by atoms with Gasteiger partial charge >= 0.3 is 0 Å². The predicted molar refractivity (Wildman–Crippen MR) is 122 cm³/mol. The van der Waals surface area contributed by atoms with Crippen molar-refractivity contribution >= 4 is 0 Å². The van der Waals surface area contributed by atoms with E-state index in [2.05, 4.69) is 13.8 Å². The summed E-state index contributed by atoms with van der Waals surface area (Å²) in [6, 6.07) is 0. The molecule has 0 unspecified atom stereocenters. The smallest absolute Gasteiger partial charge is 0.186 e. The first-order chi connectivity index (χ1) is 16.3. The lowest BCUT2D eigenvalue weighted by Crippen LogP contribution is -2.61. The third-order valence-corrected chi connectivity index (χ3v) is 7.29. The highest BCUT2D eigenvalue weighted by Crippen LogP contribution is 2.44. The second kappa shape index (κ2) is 11.8. The van der Waals surface area contributed by atoms with Crippen LogP contribution in [0, 0.1) is 5.41 Å². The highest BCUT2D eigenvalue weighted by molar-refractivity contribution is 5.24. The SMILES string of the molecule is CC1=C(CC[C@@H](C)O)C(C)(C)C[C@H](O[C@H]2O[C@H](CO[C@@H]3OC[C@@H](O)[C@@H](O)[C@H]3O)[C@@H](O)[C@H](O)[C@H]2O)C1. The molecule has 11 atom stereocenters. The fourth-order valence-electron chi connectivity index (χ4n) is 5.28. The first kappa shape index (κ1) is 28.9.